The van der Waals surface area contributed by atoms with E-state index in [1.165, 1.54) is 9.75 Å². The third-order valence-corrected chi connectivity index (χ3v) is 2.75. The van der Waals surface area contributed by atoms with Crippen LogP contribution in [0.5, 0.6) is 0 Å². The van der Waals surface area contributed by atoms with E-state index < -0.39 is 0 Å². The molecule has 1 aromatic rings. The highest BCUT2D eigenvalue weighted by Crippen LogP contribution is 2.14. The number of aryl methyl sites for hydroxylation is 1. The van der Waals surface area contributed by atoms with Crippen LogP contribution in [-0.4, -0.2) is 19.0 Å². The molecule has 0 aliphatic heterocycles. The van der Waals surface area contributed by atoms with Gasteiger partial charge < -0.3 is 10.6 Å². The van der Waals surface area contributed by atoms with E-state index in [0.29, 0.717) is 6.54 Å². The smallest absolute Gasteiger partial charge is 0.234 e. The van der Waals surface area contributed by atoms with Crippen LogP contribution in [0.15, 0.2) is 12.1 Å². The largest absolute Gasteiger partial charge is 0.342 e. The fourth-order valence-electron chi connectivity index (χ4n) is 1.08. The van der Waals surface area contributed by atoms with Gasteiger partial charge in [0, 0.05) is 16.3 Å². The zero-order valence-corrected chi connectivity index (χ0v) is 9.36. The molecule has 0 unspecified atom stereocenters. The van der Waals surface area contributed by atoms with Gasteiger partial charge in [-0.25, -0.2) is 0 Å². The zero-order valence-electron chi connectivity index (χ0n) is 8.54. The van der Waals surface area contributed by atoms with Gasteiger partial charge in [0.1, 0.15) is 6.54 Å². The Bertz CT molecular complexity index is 367. The minimum absolute atomic E-state index is 0.0681. The zero-order chi connectivity index (χ0) is 11.1. The van der Waals surface area contributed by atoms with Crippen molar-refractivity contribution in [1.82, 2.24) is 10.6 Å². The van der Waals surface area contributed by atoms with E-state index in [1.54, 1.807) is 11.3 Å². The number of nitriles is 1. The number of nitrogens with zero attached hydrogens (tertiary/aromatic N) is 1. The molecule has 0 bridgehead atoms. The molecule has 15 heavy (non-hydrogen) atoms. The van der Waals surface area contributed by atoms with Gasteiger partial charge in [0.15, 0.2) is 0 Å². The van der Waals surface area contributed by atoms with Crippen LogP contribution in [0.3, 0.4) is 0 Å². The van der Waals surface area contributed by atoms with Crippen molar-refractivity contribution in [2.45, 2.75) is 13.5 Å². The summed E-state index contributed by atoms with van der Waals surface area (Å²) in [5.74, 6) is -0.148. The molecule has 0 atom stereocenters. The summed E-state index contributed by atoms with van der Waals surface area (Å²) in [4.78, 5) is 13.5. The highest BCUT2D eigenvalue weighted by Gasteiger charge is 2.00. The van der Waals surface area contributed by atoms with E-state index >= 15 is 0 Å². The lowest BCUT2D eigenvalue weighted by atomic mass is 10.4. The second-order valence-electron chi connectivity index (χ2n) is 3.05. The van der Waals surface area contributed by atoms with Gasteiger partial charge in [-0.05, 0) is 19.1 Å². The summed E-state index contributed by atoms with van der Waals surface area (Å²) >= 11 is 1.71. The minimum atomic E-state index is -0.148. The van der Waals surface area contributed by atoms with Crippen LogP contribution in [-0.2, 0) is 11.3 Å². The number of rotatable bonds is 5. The minimum Gasteiger partial charge on any atom is -0.342 e. The fourth-order valence-corrected chi connectivity index (χ4v) is 1.94. The number of carbonyl (C=O) groups excluding carboxylic acids is 1. The molecule has 0 aliphatic rings. The van der Waals surface area contributed by atoms with Gasteiger partial charge in [0.05, 0.1) is 12.6 Å². The molecule has 2 N–H and O–H groups in total. The lowest BCUT2D eigenvalue weighted by Crippen LogP contribution is -2.33. The van der Waals surface area contributed by atoms with E-state index in [0.717, 1.165) is 0 Å². The van der Waals surface area contributed by atoms with Crippen LogP contribution in [0, 0.1) is 18.3 Å². The fraction of sp³-hybridized carbons (Fsp3) is 0.400. The molecule has 0 fully saturated rings. The second kappa shape index (κ2) is 6.17. The van der Waals surface area contributed by atoms with Crippen molar-refractivity contribution in [3.63, 3.8) is 0 Å². The molecule has 4 nitrogen and oxygen atoms in total. The molecule has 1 amide bonds. The first-order chi connectivity index (χ1) is 7.22. The molecular weight excluding hydrogens is 210 g/mol. The number of nitrogens with one attached hydrogen (secondary N) is 2. The lowest BCUT2D eigenvalue weighted by molar-refractivity contribution is -0.120. The summed E-state index contributed by atoms with van der Waals surface area (Å²) in [6.07, 6.45) is 0. The number of hydrogen-bond acceptors (Lipinski definition) is 4. The molecule has 1 rings (SSSR count). The Labute approximate surface area is 92.9 Å². The van der Waals surface area contributed by atoms with Crippen molar-refractivity contribution >= 4 is 17.2 Å². The Morgan fingerprint density at radius 1 is 1.60 bits per heavy atom. The summed E-state index contributed by atoms with van der Waals surface area (Å²) in [7, 11) is 0. The maximum absolute atomic E-state index is 11.1. The number of hydrogen-bond donors (Lipinski definition) is 2. The average Bonchev–Trinajstić information content (AvgIpc) is 2.61. The lowest BCUT2D eigenvalue weighted by Gasteiger charge is -2.02. The molecular formula is C10H13N3OS. The van der Waals surface area contributed by atoms with Gasteiger partial charge in [-0.1, -0.05) is 0 Å². The van der Waals surface area contributed by atoms with Crippen LogP contribution in [0.2, 0.25) is 0 Å². The Morgan fingerprint density at radius 3 is 3.00 bits per heavy atom. The maximum Gasteiger partial charge on any atom is 0.234 e. The quantitative estimate of drug-likeness (QED) is 0.725. The first-order valence-corrected chi connectivity index (χ1v) is 5.43. The van der Waals surface area contributed by atoms with E-state index in [9.17, 15) is 4.79 Å². The van der Waals surface area contributed by atoms with Crippen molar-refractivity contribution < 1.29 is 4.79 Å². The number of amides is 1. The maximum atomic E-state index is 11.1. The third kappa shape index (κ3) is 4.58. The van der Waals surface area contributed by atoms with Gasteiger partial charge in [0.25, 0.3) is 0 Å². The number of thiophene rings is 1. The monoisotopic (exact) mass is 223 g/mol. The Morgan fingerprint density at radius 2 is 2.40 bits per heavy atom. The van der Waals surface area contributed by atoms with Crippen molar-refractivity contribution in [2.24, 2.45) is 0 Å². The van der Waals surface area contributed by atoms with Crippen LogP contribution in [0.4, 0.5) is 0 Å². The van der Waals surface area contributed by atoms with Gasteiger partial charge in [-0.15, -0.1) is 11.3 Å². The summed E-state index contributed by atoms with van der Waals surface area (Å²) < 4.78 is 0. The summed E-state index contributed by atoms with van der Waals surface area (Å²) in [6.45, 7) is 3.06. The van der Waals surface area contributed by atoms with Crippen LogP contribution in [0.1, 0.15) is 9.75 Å². The first kappa shape index (κ1) is 11.7. The average molecular weight is 223 g/mol. The van der Waals surface area contributed by atoms with Crippen LogP contribution < -0.4 is 10.6 Å². The number of carbonyl (C=O) groups is 1. The Kier molecular flexibility index (Phi) is 4.81. The second-order valence-corrected chi connectivity index (χ2v) is 4.42. The Hall–Kier alpha value is -1.38. The first-order valence-electron chi connectivity index (χ1n) is 4.62. The van der Waals surface area contributed by atoms with Gasteiger partial charge in [0.2, 0.25) is 5.91 Å². The van der Waals surface area contributed by atoms with Gasteiger partial charge in [-0.3, -0.25) is 4.79 Å². The molecule has 80 valence electrons. The highest BCUT2D eigenvalue weighted by atomic mass is 32.1. The molecule has 0 spiro atoms. The molecule has 0 radical (unpaired) electrons. The molecule has 0 saturated heterocycles. The Balaban J connectivity index is 2.16. The summed E-state index contributed by atoms with van der Waals surface area (Å²) in [5.41, 5.74) is 0. The molecule has 0 saturated carbocycles. The molecule has 5 heteroatoms. The summed E-state index contributed by atoms with van der Waals surface area (Å²) in [6, 6.07) is 5.95. The normalized spacial score (nSPS) is 9.60. The van der Waals surface area contributed by atoms with E-state index in [-0.39, 0.29) is 19.0 Å². The van der Waals surface area contributed by atoms with Crippen LogP contribution in [0.25, 0.3) is 0 Å². The molecule has 0 aliphatic carbocycles. The van der Waals surface area contributed by atoms with E-state index in [4.69, 9.17) is 5.26 Å². The highest BCUT2D eigenvalue weighted by molar-refractivity contribution is 7.11. The van der Waals surface area contributed by atoms with Gasteiger partial charge >= 0.3 is 0 Å². The topological polar surface area (TPSA) is 64.9 Å². The standard InChI is InChI=1S/C10H13N3OS/c1-8-2-3-9(15-8)6-12-7-10(14)13-5-4-11/h2-3,12H,5-7H2,1H3,(H,13,14). The predicted molar refractivity (Wildman–Crippen MR) is 59.4 cm³/mol. The van der Waals surface area contributed by atoms with Crippen molar-refractivity contribution in [3.05, 3.63) is 21.9 Å². The van der Waals surface area contributed by atoms with Crippen LogP contribution >= 0.6 is 11.3 Å². The molecule has 0 aromatic carbocycles. The van der Waals surface area contributed by atoms with E-state index in [1.807, 2.05) is 19.1 Å². The summed E-state index contributed by atoms with van der Waals surface area (Å²) in [5, 5.41) is 13.7. The predicted octanol–water partition coefficient (Wildman–Crippen LogP) is 0.786. The van der Waals surface area contributed by atoms with Crippen molar-refractivity contribution in [3.8, 4) is 6.07 Å². The molecule has 1 aromatic heterocycles. The third-order valence-electron chi connectivity index (χ3n) is 1.75. The van der Waals surface area contributed by atoms with Gasteiger partial charge in [-0.2, -0.15) is 5.26 Å². The van der Waals surface area contributed by atoms with Crippen molar-refractivity contribution in [1.29, 1.82) is 5.26 Å². The SMILES string of the molecule is Cc1ccc(CNCC(=O)NCC#N)s1. The van der Waals surface area contributed by atoms with E-state index in [2.05, 4.69) is 16.7 Å². The molecule has 1 heterocycles. The van der Waals surface area contributed by atoms with Crippen molar-refractivity contribution in [2.75, 3.05) is 13.1 Å².